The third kappa shape index (κ3) is 4.85. The van der Waals surface area contributed by atoms with Crippen LogP contribution in [0.2, 0.25) is 0 Å². The smallest absolute Gasteiger partial charge is 0.507 e. The van der Waals surface area contributed by atoms with E-state index in [-0.39, 0.29) is 28.6 Å². The molecule has 0 atom stereocenters. The Morgan fingerprint density at radius 3 is 1.44 bits per heavy atom. The summed E-state index contributed by atoms with van der Waals surface area (Å²) >= 11 is 0. The molecule has 0 aliphatic carbocycles. The maximum Gasteiger partial charge on any atom is 2.00 e. The molecule has 1 radical (unpaired) electrons. The Morgan fingerprint density at radius 2 is 1.04 bits per heavy atom. The van der Waals surface area contributed by atoms with Gasteiger partial charge in [0.25, 0.3) is 0 Å². The molecule has 139 valence electrons. The van der Waals surface area contributed by atoms with Crippen LogP contribution in [0, 0.1) is 13.8 Å². The van der Waals surface area contributed by atoms with Crippen molar-refractivity contribution < 1.29 is 27.3 Å². The van der Waals surface area contributed by atoms with Crippen LogP contribution in [0.5, 0.6) is 11.5 Å². The van der Waals surface area contributed by atoms with Gasteiger partial charge in [-0.2, -0.15) is 0 Å². The first-order valence-electron chi connectivity index (χ1n) is 8.30. The average molecular weight is 408 g/mol. The zero-order chi connectivity index (χ0) is 18.5. The molecular weight excluding hydrogens is 388 g/mol. The Balaban J connectivity index is 0.00000261. The summed E-state index contributed by atoms with van der Waals surface area (Å²) in [5, 5.41) is 20.2. The molecule has 0 fully saturated rings. The number of benzene rings is 3. The Labute approximate surface area is 169 Å². The Bertz CT molecular complexity index is 917. The van der Waals surface area contributed by atoms with E-state index in [9.17, 15) is 10.2 Å². The summed E-state index contributed by atoms with van der Waals surface area (Å²) in [7, 11) is 0. The van der Waals surface area contributed by atoms with Crippen molar-refractivity contribution in [1.82, 2.24) is 0 Å². The van der Waals surface area contributed by atoms with Crippen molar-refractivity contribution in [3.8, 4) is 11.5 Å². The number of aryl methyl sites for hydroxylation is 2. The van der Waals surface area contributed by atoms with Crippen LogP contribution < -0.4 is 0 Å². The first-order valence-corrected chi connectivity index (χ1v) is 8.30. The van der Waals surface area contributed by atoms with Gasteiger partial charge in [0, 0.05) is 23.6 Å². The molecule has 2 N–H and O–H groups in total. The molecule has 3 rings (SSSR count). The summed E-state index contributed by atoms with van der Waals surface area (Å²) in [6.07, 6.45) is 3.25. The molecule has 3 aromatic rings. The summed E-state index contributed by atoms with van der Waals surface area (Å²) < 4.78 is 0. The third-order valence-electron chi connectivity index (χ3n) is 4.11. The van der Waals surface area contributed by atoms with Crippen LogP contribution in [-0.4, -0.2) is 22.6 Å². The Kier molecular flexibility index (Phi) is 6.94. The van der Waals surface area contributed by atoms with Gasteiger partial charge in [0.1, 0.15) is 11.5 Å². The molecule has 0 heterocycles. The van der Waals surface area contributed by atoms with Gasteiger partial charge < -0.3 is 10.2 Å². The number of phenolic OH excluding ortho intramolecular Hbond substituents is 2. The number of aliphatic imine (C=N–C) groups is 2. The second kappa shape index (κ2) is 9.17. The van der Waals surface area contributed by atoms with E-state index in [0.717, 1.165) is 11.1 Å². The minimum atomic E-state index is 0. The third-order valence-corrected chi connectivity index (χ3v) is 4.11. The first kappa shape index (κ1) is 20.4. The van der Waals surface area contributed by atoms with Crippen molar-refractivity contribution >= 4 is 23.8 Å². The molecule has 0 amide bonds. The molecule has 4 nitrogen and oxygen atoms in total. The van der Waals surface area contributed by atoms with Gasteiger partial charge in [0.15, 0.2) is 0 Å². The monoisotopic (exact) mass is 407 g/mol. The van der Waals surface area contributed by atoms with Crippen LogP contribution >= 0.6 is 0 Å². The van der Waals surface area contributed by atoms with E-state index >= 15 is 0 Å². The fraction of sp³-hybridized carbons (Fsp3) is 0.0909. The van der Waals surface area contributed by atoms with Crippen molar-refractivity contribution in [1.29, 1.82) is 0 Å². The van der Waals surface area contributed by atoms with Gasteiger partial charge in [-0.1, -0.05) is 36.4 Å². The number of aromatic hydroxyl groups is 2. The van der Waals surface area contributed by atoms with Gasteiger partial charge in [0.2, 0.25) is 0 Å². The number of phenols is 2. The van der Waals surface area contributed by atoms with Crippen molar-refractivity contribution in [2.24, 2.45) is 9.98 Å². The normalized spacial score (nSPS) is 11.0. The number of para-hydroxylation sites is 4. The molecule has 0 aliphatic heterocycles. The molecule has 0 aromatic heterocycles. The number of hydrogen-bond donors (Lipinski definition) is 2. The van der Waals surface area contributed by atoms with Crippen molar-refractivity contribution in [3.05, 3.63) is 82.9 Å². The fourth-order valence-corrected chi connectivity index (χ4v) is 2.53. The zero-order valence-corrected chi connectivity index (χ0v) is 16.0. The Morgan fingerprint density at radius 1 is 0.630 bits per heavy atom. The topological polar surface area (TPSA) is 65.2 Å². The summed E-state index contributed by atoms with van der Waals surface area (Å²) in [6.45, 7) is 3.69. The van der Waals surface area contributed by atoms with Crippen LogP contribution in [-0.2, 0) is 17.1 Å². The number of hydrogen-bond acceptors (Lipinski definition) is 4. The molecule has 0 unspecified atom stereocenters. The van der Waals surface area contributed by atoms with Crippen LogP contribution in [0.4, 0.5) is 11.4 Å². The van der Waals surface area contributed by atoms with Crippen LogP contribution in [0.1, 0.15) is 22.3 Å². The maximum atomic E-state index is 10.1. The summed E-state index contributed by atoms with van der Waals surface area (Å²) in [5.74, 6) is 0.448. The predicted molar refractivity (Wildman–Crippen MR) is 107 cm³/mol. The quantitative estimate of drug-likeness (QED) is 0.460. The van der Waals surface area contributed by atoms with Gasteiger partial charge >= 0.3 is 17.1 Å². The SMILES string of the molecule is Cc1cccc(C=Nc2ccccc2N=Cc2cccc(C)c2O)c1O.[Cu+2]. The molecule has 0 aliphatic rings. The minimum absolute atomic E-state index is 0. The van der Waals surface area contributed by atoms with Crippen LogP contribution in [0.3, 0.4) is 0 Å². The van der Waals surface area contributed by atoms with E-state index in [0.29, 0.717) is 22.5 Å². The van der Waals surface area contributed by atoms with Gasteiger partial charge in [0.05, 0.1) is 11.4 Å². The van der Waals surface area contributed by atoms with E-state index in [1.807, 2.05) is 74.5 Å². The molecule has 0 bridgehead atoms. The van der Waals surface area contributed by atoms with E-state index in [1.54, 1.807) is 12.4 Å². The standard InChI is InChI=1S/C22H20N2O2.Cu/c1-15-7-5-9-17(21(15)25)13-23-19-11-3-4-12-20(19)24-14-18-10-6-8-16(2)22(18)26;/h3-14,25-26H,1-2H3;/q;+2. The summed E-state index contributed by atoms with van der Waals surface area (Å²) in [6, 6.07) is 18.5. The van der Waals surface area contributed by atoms with Gasteiger partial charge in [-0.25, -0.2) is 0 Å². The molecular formula is C22H20CuN2O2+2. The zero-order valence-electron chi connectivity index (χ0n) is 15.0. The molecule has 3 aromatic carbocycles. The second-order valence-corrected chi connectivity index (χ2v) is 6.03. The molecule has 0 spiro atoms. The molecule has 27 heavy (non-hydrogen) atoms. The van der Waals surface area contributed by atoms with E-state index in [4.69, 9.17) is 0 Å². The summed E-state index contributed by atoms with van der Waals surface area (Å²) in [4.78, 5) is 8.94. The van der Waals surface area contributed by atoms with E-state index < -0.39 is 0 Å². The second-order valence-electron chi connectivity index (χ2n) is 6.03. The Hall–Kier alpha value is -2.88. The molecule has 0 saturated carbocycles. The fourth-order valence-electron chi connectivity index (χ4n) is 2.53. The predicted octanol–water partition coefficient (Wildman–Crippen LogP) is 5.21. The first-order chi connectivity index (χ1) is 12.6. The van der Waals surface area contributed by atoms with Gasteiger partial charge in [-0.15, -0.1) is 0 Å². The summed E-state index contributed by atoms with van der Waals surface area (Å²) in [5.41, 5.74) is 4.26. The molecule has 0 saturated heterocycles. The van der Waals surface area contributed by atoms with E-state index in [2.05, 4.69) is 9.98 Å². The van der Waals surface area contributed by atoms with Crippen molar-refractivity contribution in [2.45, 2.75) is 13.8 Å². The van der Waals surface area contributed by atoms with Gasteiger partial charge in [-0.3, -0.25) is 9.98 Å². The van der Waals surface area contributed by atoms with Crippen molar-refractivity contribution in [2.75, 3.05) is 0 Å². The average Bonchev–Trinajstić information content (AvgIpc) is 2.65. The minimum Gasteiger partial charge on any atom is -0.507 e. The van der Waals surface area contributed by atoms with Crippen LogP contribution in [0.25, 0.3) is 0 Å². The van der Waals surface area contributed by atoms with Crippen molar-refractivity contribution in [3.63, 3.8) is 0 Å². The van der Waals surface area contributed by atoms with E-state index in [1.165, 1.54) is 0 Å². The molecule has 5 heteroatoms. The largest absolute Gasteiger partial charge is 2.00 e. The maximum absolute atomic E-state index is 10.1. The number of nitrogens with zero attached hydrogens (tertiary/aromatic N) is 2. The van der Waals surface area contributed by atoms with Gasteiger partial charge in [-0.05, 0) is 49.2 Å². The number of rotatable bonds is 4. The van der Waals surface area contributed by atoms with Crippen LogP contribution in [0.15, 0.2) is 70.6 Å².